The second kappa shape index (κ2) is 7.69. The molecular weight excluding hydrogens is 322 g/mol. The zero-order valence-corrected chi connectivity index (χ0v) is 17.0. The van der Waals surface area contributed by atoms with E-state index in [9.17, 15) is 4.79 Å². The van der Waals surface area contributed by atoms with Crippen molar-refractivity contribution in [2.75, 3.05) is 32.7 Å². The molecule has 4 heteroatoms. The van der Waals surface area contributed by atoms with E-state index in [1.54, 1.807) is 0 Å². The third kappa shape index (κ3) is 5.31. The molecule has 0 bridgehead atoms. The molecule has 0 aliphatic carbocycles. The molecule has 26 heavy (non-hydrogen) atoms. The molecule has 1 spiro atoms. The molecule has 2 heterocycles. The van der Waals surface area contributed by atoms with Crippen LogP contribution in [0.4, 0.5) is 0 Å². The van der Waals surface area contributed by atoms with Crippen LogP contribution in [0.3, 0.4) is 0 Å². The van der Waals surface area contributed by atoms with Crippen molar-refractivity contribution in [2.45, 2.75) is 59.0 Å². The largest absolute Gasteiger partial charge is 0.350 e. The van der Waals surface area contributed by atoms with Crippen molar-refractivity contribution >= 4 is 5.91 Å². The van der Waals surface area contributed by atoms with E-state index >= 15 is 0 Å². The minimum absolute atomic E-state index is 0.149. The number of benzene rings is 1. The molecule has 1 amide bonds. The minimum atomic E-state index is -0.149. The lowest BCUT2D eigenvalue weighted by Crippen LogP contribution is -2.47. The van der Waals surface area contributed by atoms with Crippen LogP contribution < -0.4 is 5.32 Å². The van der Waals surface area contributed by atoms with Crippen LogP contribution in [0.1, 0.15) is 51.2 Å². The molecule has 1 aromatic carbocycles. The fourth-order valence-corrected chi connectivity index (χ4v) is 4.67. The van der Waals surface area contributed by atoms with Crippen LogP contribution in [0.2, 0.25) is 0 Å². The molecule has 3 rings (SSSR count). The molecule has 4 nitrogen and oxygen atoms in total. The average Bonchev–Trinajstić information content (AvgIpc) is 2.87. The second-order valence-electron chi connectivity index (χ2n) is 9.56. The van der Waals surface area contributed by atoms with E-state index in [1.807, 2.05) is 20.8 Å². The number of amides is 1. The van der Waals surface area contributed by atoms with Crippen LogP contribution in [0.15, 0.2) is 24.3 Å². The molecule has 0 radical (unpaired) electrons. The number of hydrogen-bond acceptors (Lipinski definition) is 3. The highest BCUT2D eigenvalue weighted by molar-refractivity contribution is 5.78. The molecule has 144 valence electrons. The number of rotatable bonds is 4. The van der Waals surface area contributed by atoms with Gasteiger partial charge in [0.25, 0.3) is 0 Å². The van der Waals surface area contributed by atoms with Gasteiger partial charge in [-0.05, 0) is 71.0 Å². The van der Waals surface area contributed by atoms with Crippen molar-refractivity contribution < 1.29 is 4.79 Å². The number of nitrogens with one attached hydrogen (secondary N) is 1. The number of hydrogen-bond donors (Lipinski definition) is 1. The SMILES string of the molecule is Cc1cccc(CN2CCCC3(CCN(CC(=O)NC(C)(C)C)C3)C2)c1. The van der Waals surface area contributed by atoms with Crippen molar-refractivity contribution in [1.82, 2.24) is 15.1 Å². The summed E-state index contributed by atoms with van der Waals surface area (Å²) in [6, 6.07) is 8.87. The Kier molecular flexibility index (Phi) is 5.73. The van der Waals surface area contributed by atoms with Crippen LogP contribution in [0.5, 0.6) is 0 Å². The van der Waals surface area contributed by atoms with Gasteiger partial charge in [-0.15, -0.1) is 0 Å². The first-order valence-electron chi connectivity index (χ1n) is 10.0. The monoisotopic (exact) mass is 357 g/mol. The van der Waals surface area contributed by atoms with Crippen LogP contribution in [-0.4, -0.2) is 54.0 Å². The predicted molar refractivity (Wildman–Crippen MR) is 107 cm³/mol. The summed E-state index contributed by atoms with van der Waals surface area (Å²) in [4.78, 5) is 17.2. The Hall–Kier alpha value is -1.39. The average molecular weight is 358 g/mol. The zero-order chi connectivity index (χ0) is 18.8. The lowest BCUT2D eigenvalue weighted by molar-refractivity contribution is -0.123. The van der Waals surface area contributed by atoms with E-state index in [0.717, 1.165) is 19.6 Å². The molecule has 1 atom stereocenters. The second-order valence-corrected chi connectivity index (χ2v) is 9.56. The lowest BCUT2D eigenvalue weighted by Gasteiger charge is -2.40. The molecule has 2 aliphatic heterocycles. The fraction of sp³-hybridized carbons (Fsp3) is 0.682. The molecule has 2 aliphatic rings. The van der Waals surface area contributed by atoms with Crippen LogP contribution >= 0.6 is 0 Å². The first kappa shape index (κ1) is 19.4. The topological polar surface area (TPSA) is 35.6 Å². The Morgan fingerprint density at radius 2 is 1.92 bits per heavy atom. The molecule has 1 unspecified atom stereocenters. The molecule has 2 saturated heterocycles. The standard InChI is InChI=1S/C22H35N3O/c1-18-7-5-8-19(13-18)14-24-11-6-9-22(16-24)10-12-25(17-22)15-20(26)23-21(2,3)4/h5,7-8,13H,6,9-12,14-17H2,1-4H3,(H,23,26). The maximum absolute atomic E-state index is 12.3. The van der Waals surface area contributed by atoms with Crippen molar-refractivity contribution in [2.24, 2.45) is 5.41 Å². The van der Waals surface area contributed by atoms with Gasteiger partial charge in [-0.3, -0.25) is 14.6 Å². The molecule has 0 aromatic heterocycles. The molecule has 1 N–H and O–H groups in total. The predicted octanol–water partition coefficient (Wildman–Crippen LogP) is 3.20. The summed E-state index contributed by atoms with van der Waals surface area (Å²) in [6.07, 6.45) is 3.79. The van der Waals surface area contributed by atoms with Gasteiger partial charge in [0.2, 0.25) is 5.91 Å². The van der Waals surface area contributed by atoms with E-state index in [0.29, 0.717) is 12.0 Å². The van der Waals surface area contributed by atoms with E-state index in [-0.39, 0.29) is 11.4 Å². The van der Waals surface area contributed by atoms with Gasteiger partial charge < -0.3 is 5.32 Å². The summed E-state index contributed by atoms with van der Waals surface area (Å²) in [7, 11) is 0. The summed E-state index contributed by atoms with van der Waals surface area (Å²) in [5.41, 5.74) is 2.99. The Bertz CT molecular complexity index is 637. The Balaban J connectivity index is 1.54. The van der Waals surface area contributed by atoms with Crippen molar-refractivity contribution in [1.29, 1.82) is 0 Å². The highest BCUT2D eigenvalue weighted by Gasteiger charge is 2.41. The van der Waals surface area contributed by atoms with Crippen LogP contribution in [0.25, 0.3) is 0 Å². The van der Waals surface area contributed by atoms with E-state index in [1.165, 1.54) is 43.5 Å². The third-order valence-electron chi connectivity index (χ3n) is 5.63. The first-order chi connectivity index (χ1) is 12.2. The number of piperidine rings is 1. The number of carbonyl (C=O) groups excluding carboxylic acids is 1. The van der Waals surface area contributed by atoms with Crippen molar-refractivity contribution in [3.05, 3.63) is 35.4 Å². The van der Waals surface area contributed by atoms with Gasteiger partial charge in [0.1, 0.15) is 0 Å². The van der Waals surface area contributed by atoms with Gasteiger partial charge in [0, 0.05) is 25.2 Å². The quantitative estimate of drug-likeness (QED) is 0.899. The van der Waals surface area contributed by atoms with Crippen LogP contribution in [-0.2, 0) is 11.3 Å². The van der Waals surface area contributed by atoms with Crippen molar-refractivity contribution in [3.8, 4) is 0 Å². The summed E-state index contributed by atoms with van der Waals surface area (Å²) in [6.45, 7) is 14.4. The molecule has 0 saturated carbocycles. The van der Waals surface area contributed by atoms with Gasteiger partial charge in [-0.25, -0.2) is 0 Å². The highest BCUT2D eigenvalue weighted by atomic mass is 16.2. The maximum Gasteiger partial charge on any atom is 0.234 e. The fourth-order valence-electron chi connectivity index (χ4n) is 4.67. The van der Waals surface area contributed by atoms with Gasteiger partial charge in [0.05, 0.1) is 6.54 Å². The lowest BCUT2D eigenvalue weighted by atomic mass is 9.79. The zero-order valence-electron chi connectivity index (χ0n) is 17.0. The number of likely N-dealkylation sites (tertiary alicyclic amines) is 2. The number of carbonyl (C=O) groups is 1. The van der Waals surface area contributed by atoms with Crippen molar-refractivity contribution in [3.63, 3.8) is 0 Å². The molecule has 2 fully saturated rings. The maximum atomic E-state index is 12.3. The van der Waals surface area contributed by atoms with E-state index in [2.05, 4.69) is 46.3 Å². The first-order valence-corrected chi connectivity index (χ1v) is 10.0. The van der Waals surface area contributed by atoms with Gasteiger partial charge in [-0.2, -0.15) is 0 Å². The Morgan fingerprint density at radius 1 is 1.15 bits per heavy atom. The Labute approximate surface area is 158 Å². The summed E-state index contributed by atoms with van der Waals surface area (Å²) in [5.74, 6) is 0.155. The van der Waals surface area contributed by atoms with Gasteiger partial charge in [0.15, 0.2) is 0 Å². The highest BCUT2D eigenvalue weighted by Crippen LogP contribution is 2.39. The van der Waals surface area contributed by atoms with Crippen LogP contribution in [0, 0.1) is 12.3 Å². The normalized spacial score (nSPS) is 24.9. The summed E-state index contributed by atoms with van der Waals surface area (Å²) < 4.78 is 0. The van der Waals surface area contributed by atoms with Gasteiger partial charge >= 0.3 is 0 Å². The smallest absolute Gasteiger partial charge is 0.234 e. The van der Waals surface area contributed by atoms with Gasteiger partial charge in [-0.1, -0.05) is 29.8 Å². The van der Waals surface area contributed by atoms with E-state index < -0.39 is 0 Å². The minimum Gasteiger partial charge on any atom is -0.350 e. The molecule has 1 aromatic rings. The third-order valence-corrected chi connectivity index (χ3v) is 5.63. The summed E-state index contributed by atoms with van der Waals surface area (Å²) in [5, 5.41) is 3.09. The van der Waals surface area contributed by atoms with E-state index in [4.69, 9.17) is 0 Å². The number of aryl methyl sites for hydroxylation is 1. The molecular formula is C22H35N3O. The number of nitrogens with zero attached hydrogens (tertiary/aromatic N) is 2. The Morgan fingerprint density at radius 3 is 2.65 bits per heavy atom. The summed E-state index contributed by atoms with van der Waals surface area (Å²) >= 11 is 0.